The van der Waals surface area contributed by atoms with Crippen molar-refractivity contribution in [3.05, 3.63) is 12.7 Å². The molecule has 62 valence electrons. The molecule has 2 heteroatoms. The number of carbonyl (C=O) groups is 2. The summed E-state index contributed by atoms with van der Waals surface area (Å²) in [7, 11) is 0. The molecule has 0 fully saturated rings. The lowest BCUT2D eigenvalue weighted by atomic mass is 9.98. The molecule has 0 rings (SSSR count). The average molecular weight is 154 g/mol. The van der Waals surface area contributed by atoms with E-state index >= 15 is 0 Å². The Labute approximate surface area is 67.3 Å². The zero-order valence-electron chi connectivity index (χ0n) is 7.09. The normalized spacial score (nSPS) is 12.2. The van der Waals surface area contributed by atoms with Crippen molar-refractivity contribution in [2.24, 2.45) is 5.92 Å². The van der Waals surface area contributed by atoms with Gasteiger partial charge in [-0.1, -0.05) is 13.0 Å². The van der Waals surface area contributed by atoms with Crippen molar-refractivity contribution in [1.82, 2.24) is 0 Å². The minimum absolute atomic E-state index is 0.148. The van der Waals surface area contributed by atoms with Crippen molar-refractivity contribution in [1.29, 1.82) is 0 Å². The zero-order chi connectivity index (χ0) is 8.85. The highest BCUT2D eigenvalue weighted by Gasteiger charge is 2.15. The van der Waals surface area contributed by atoms with Crippen LogP contribution >= 0.6 is 0 Å². The van der Waals surface area contributed by atoms with Gasteiger partial charge in [0.25, 0.3) is 0 Å². The van der Waals surface area contributed by atoms with Crippen LogP contribution in [0.4, 0.5) is 0 Å². The second-order valence-corrected chi connectivity index (χ2v) is 2.69. The second kappa shape index (κ2) is 4.83. The van der Waals surface area contributed by atoms with Gasteiger partial charge in [0.15, 0.2) is 5.78 Å². The lowest BCUT2D eigenvalue weighted by Gasteiger charge is -2.04. The van der Waals surface area contributed by atoms with Gasteiger partial charge in [-0.25, -0.2) is 0 Å². The first-order chi connectivity index (χ1) is 5.09. The van der Waals surface area contributed by atoms with Gasteiger partial charge in [-0.15, -0.1) is 6.58 Å². The van der Waals surface area contributed by atoms with Crippen LogP contribution < -0.4 is 0 Å². The third-order valence-corrected chi connectivity index (χ3v) is 1.60. The van der Waals surface area contributed by atoms with Crippen LogP contribution in [-0.4, -0.2) is 11.6 Å². The molecule has 0 aromatic rings. The molecule has 0 aliphatic rings. The highest BCUT2D eigenvalue weighted by Crippen LogP contribution is 2.07. The van der Waals surface area contributed by atoms with Gasteiger partial charge in [0, 0.05) is 12.8 Å². The van der Waals surface area contributed by atoms with E-state index in [0.29, 0.717) is 0 Å². The van der Waals surface area contributed by atoms with E-state index < -0.39 is 0 Å². The molecule has 1 atom stereocenters. The van der Waals surface area contributed by atoms with E-state index in [0.717, 1.165) is 12.8 Å². The first-order valence-corrected chi connectivity index (χ1v) is 3.75. The number of carbonyl (C=O) groups excluding carboxylic acids is 2. The number of allylic oxidation sites excluding steroid dienone is 1. The van der Waals surface area contributed by atoms with Gasteiger partial charge in [0.05, 0.1) is 0 Å². The molecule has 0 aliphatic heterocycles. The maximum absolute atomic E-state index is 11.0. The maximum atomic E-state index is 11.0. The molecule has 0 saturated heterocycles. The monoisotopic (exact) mass is 154 g/mol. The van der Waals surface area contributed by atoms with E-state index in [1.807, 2.05) is 0 Å². The fraction of sp³-hybridized carbons (Fsp3) is 0.556. The first-order valence-electron chi connectivity index (χ1n) is 3.75. The summed E-state index contributed by atoms with van der Waals surface area (Å²) in [5.41, 5.74) is 0. The van der Waals surface area contributed by atoms with Crippen molar-refractivity contribution >= 4 is 11.6 Å². The molecule has 11 heavy (non-hydrogen) atoms. The van der Waals surface area contributed by atoms with Gasteiger partial charge >= 0.3 is 0 Å². The number of rotatable bonds is 5. The Kier molecular flexibility index (Phi) is 4.42. The predicted octanol–water partition coefficient (Wildman–Crippen LogP) is 1.75. The molecule has 0 aromatic heterocycles. The quantitative estimate of drug-likeness (QED) is 0.446. The van der Waals surface area contributed by atoms with E-state index in [9.17, 15) is 9.59 Å². The Hall–Kier alpha value is -0.920. The summed E-state index contributed by atoms with van der Waals surface area (Å²) in [6.45, 7) is 6.62. The van der Waals surface area contributed by atoms with Crippen LogP contribution in [-0.2, 0) is 9.59 Å². The lowest BCUT2D eigenvalue weighted by molar-refractivity contribution is -0.137. The SMILES string of the molecule is C=CCCC(C)C(=O)C(C)=O. The van der Waals surface area contributed by atoms with Crippen molar-refractivity contribution in [3.63, 3.8) is 0 Å². The molecule has 1 unspecified atom stereocenters. The molecule has 0 spiro atoms. The largest absolute Gasteiger partial charge is 0.291 e. The standard InChI is InChI=1S/C9H14O2/c1-4-5-6-7(2)9(11)8(3)10/h4,7H,1,5-6H2,2-3H3. The maximum Gasteiger partial charge on any atom is 0.200 e. The van der Waals surface area contributed by atoms with Crippen LogP contribution in [0, 0.1) is 5.92 Å². The second-order valence-electron chi connectivity index (χ2n) is 2.69. The van der Waals surface area contributed by atoms with Crippen LogP contribution in [0.3, 0.4) is 0 Å². The Morgan fingerprint density at radius 3 is 2.45 bits per heavy atom. The molecule has 0 saturated carbocycles. The molecule has 0 aromatic carbocycles. The molecule has 0 bridgehead atoms. The number of ketones is 2. The van der Waals surface area contributed by atoms with Crippen molar-refractivity contribution in [2.75, 3.05) is 0 Å². The van der Waals surface area contributed by atoms with Crippen molar-refractivity contribution < 1.29 is 9.59 Å². The fourth-order valence-corrected chi connectivity index (χ4v) is 0.846. The van der Waals surface area contributed by atoms with Crippen molar-refractivity contribution in [2.45, 2.75) is 26.7 Å². The number of Topliss-reactive ketones (excluding diaryl/α,β-unsaturated/α-hetero) is 2. The van der Waals surface area contributed by atoms with Crippen LogP contribution in [0.2, 0.25) is 0 Å². The van der Waals surface area contributed by atoms with Crippen LogP contribution in [0.25, 0.3) is 0 Å². The highest BCUT2D eigenvalue weighted by molar-refractivity contribution is 6.36. The van der Waals surface area contributed by atoms with E-state index in [-0.39, 0.29) is 17.5 Å². The lowest BCUT2D eigenvalue weighted by Crippen LogP contribution is -2.18. The molecule has 0 heterocycles. The molecule has 0 radical (unpaired) electrons. The van der Waals surface area contributed by atoms with Gasteiger partial charge in [-0.05, 0) is 12.8 Å². The predicted molar refractivity (Wildman–Crippen MR) is 44.3 cm³/mol. The minimum atomic E-state index is -0.346. The highest BCUT2D eigenvalue weighted by atomic mass is 16.2. The van der Waals surface area contributed by atoms with Crippen LogP contribution in [0.1, 0.15) is 26.7 Å². The third kappa shape index (κ3) is 3.71. The number of hydrogen-bond donors (Lipinski definition) is 0. The average Bonchev–Trinajstić information content (AvgIpc) is 1.98. The Morgan fingerprint density at radius 1 is 1.55 bits per heavy atom. The third-order valence-electron chi connectivity index (χ3n) is 1.60. The summed E-state index contributed by atoms with van der Waals surface area (Å²) in [6, 6.07) is 0. The molecule has 0 amide bonds. The van der Waals surface area contributed by atoms with Crippen molar-refractivity contribution in [3.8, 4) is 0 Å². The summed E-state index contributed by atoms with van der Waals surface area (Å²) in [5, 5.41) is 0. The van der Waals surface area contributed by atoms with Crippen LogP contribution in [0.15, 0.2) is 12.7 Å². The number of hydrogen-bond acceptors (Lipinski definition) is 2. The Morgan fingerprint density at radius 2 is 2.09 bits per heavy atom. The summed E-state index contributed by atoms with van der Waals surface area (Å²) in [5.74, 6) is -0.765. The summed E-state index contributed by atoms with van der Waals surface area (Å²) < 4.78 is 0. The fourth-order valence-electron chi connectivity index (χ4n) is 0.846. The molecule has 0 N–H and O–H groups in total. The van der Waals surface area contributed by atoms with Gasteiger partial charge in [0.2, 0.25) is 5.78 Å². The van der Waals surface area contributed by atoms with E-state index in [1.165, 1.54) is 6.92 Å². The zero-order valence-corrected chi connectivity index (χ0v) is 7.09. The van der Waals surface area contributed by atoms with Gasteiger partial charge in [0.1, 0.15) is 0 Å². The first kappa shape index (κ1) is 10.1. The topological polar surface area (TPSA) is 34.1 Å². The van der Waals surface area contributed by atoms with Gasteiger partial charge in [-0.2, -0.15) is 0 Å². The van der Waals surface area contributed by atoms with E-state index in [2.05, 4.69) is 6.58 Å². The smallest absolute Gasteiger partial charge is 0.200 e. The molecular weight excluding hydrogens is 140 g/mol. The van der Waals surface area contributed by atoms with Gasteiger partial charge in [-0.3, -0.25) is 9.59 Å². The van der Waals surface area contributed by atoms with E-state index in [1.54, 1.807) is 13.0 Å². The summed E-state index contributed by atoms with van der Waals surface area (Å²) in [6.07, 6.45) is 3.27. The Bertz CT molecular complexity index is 170. The minimum Gasteiger partial charge on any atom is -0.291 e. The summed E-state index contributed by atoms with van der Waals surface area (Å²) >= 11 is 0. The Balaban J connectivity index is 3.82. The molecule has 0 aliphatic carbocycles. The molecular formula is C9H14O2. The van der Waals surface area contributed by atoms with Gasteiger partial charge < -0.3 is 0 Å². The summed E-state index contributed by atoms with van der Waals surface area (Å²) in [4.78, 5) is 21.5. The molecule has 2 nitrogen and oxygen atoms in total. The van der Waals surface area contributed by atoms with Crippen LogP contribution in [0.5, 0.6) is 0 Å². The van der Waals surface area contributed by atoms with E-state index in [4.69, 9.17) is 0 Å².